The molecule has 0 radical (unpaired) electrons. The summed E-state index contributed by atoms with van der Waals surface area (Å²) in [5.74, 6) is 0. The lowest BCUT2D eigenvalue weighted by Crippen LogP contribution is -2.02. The van der Waals surface area contributed by atoms with Gasteiger partial charge in [0.1, 0.15) is 0 Å². The van der Waals surface area contributed by atoms with Crippen molar-refractivity contribution in [2.75, 3.05) is 0 Å². The van der Waals surface area contributed by atoms with Gasteiger partial charge in [-0.05, 0) is 82.7 Å². The van der Waals surface area contributed by atoms with Gasteiger partial charge in [-0.15, -0.1) is 0 Å². The van der Waals surface area contributed by atoms with E-state index in [9.17, 15) is 16.4 Å². The number of fused-ring (bicyclic) bond motifs is 9. The van der Waals surface area contributed by atoms with Gasteiger partial charge in [-0.25, -0.2) is 0 Å². The first-order valence-electron chi connectivity index (χ1n) is 28.8. The lowest BCUT2D eigenvalue weighted by Gasteiger charge is -2.17. The summed E-state index contributed by atoms with van der Waals surface area (Å²) in [5, 5.41) is -2.37. The van der Waals surface area contributed by atoms with Crippen molar-refractivity contribution in [3.05, 3.63) is 212 Å². The molecule has 0 N–H and O–H groups in total. The average Bonchev–Trinajstić information content (AvgIpc) is 2.52. The Kier molecular flexibility index (Phi) is 3.72. The second-order valence-corrected chi connectivity index (χ2v) is 13.3. The molecule has 3 heterocycles. The summed E-state index contributed by atoms with van der Waals surface area (Å²) in [5.41, 5.74) is -1.11. The highest BCUT2D eigenvalue weighted by atomic mass is 15.1. The Bertz CT molecular complexity index is 4660. The molecule has 0 spiro atoms. The third-order valence-electron chi connectivity index (χ3n) is 10.2. The number of hydrogen-bond donors (Lipinski definition) is 0. The van der Waals surface area contributed by atoms with Gasteiger partial charge in [0.05, 0.1) is 68.9 Å². The normalized spacial score (nSPS) is 17.3. The summed E-state index contributed by atoms with van der Waals surface area (Å²) in [6, 6.07) is 6.49. The molecule has 0 aliphatic rings. The number of nitrogens with zero attached hydrogens (tertiary/aromatic N) is 3. The minimum absolute atomic E-state index is 0.181. The summed E-state index contributed by atoms with van der Waals surface area (Å²) in [6.45, 7) is 0. The first kappa shape index (κ1) is 17.0. The van der Waals surface area contributed by atoms with E-state index in [0.717, 1.165) is 9.13 Å². The van der Waals surface area contributed by atoms with E-state index in [-0.39, 0.29) is 27.5 Å². The number of benzene rings is 9. The van der Waals surface area contributed by atoms with Crippen molar-refractivity contribution >= 4 is 65.4 Å². The molecule has 57 heavy (non-hydrogen) atoms. The van der Waals surface area contributed by atoms with Gasteiger partial charge in [-0.3, -0.25) is 0 Å². The van der Waals surface area contributed by atoms with Gasteiger partial charge in [0.2, 0.25) is 0 Å². The van der Waals surface area contributed by atoms with Crippen molar-refractivity contribution in [3.8, 4) is 39.3 Å². The third kappa shape index (κ3) is 4.79. The molecule has 0 amide bonds. The van der Waals surface area contributed by atoms with Gasteiger partial charge < -0.3 is 13.7 Å². The van der Waals surface area contributed by atoms with E-state index in [1.807, 2.05) is 66.7 Å². The molecular weight excluding hydrogens is 691 g/mol. The van der Waals surface area contributed by atoms with Crippen molar-refractivity contribution in [1.29, 1.82) is 0 Å². The molecule has 0 bridgehead atoms. The van der Waals surface area contributed by atoms with Crippen LogP contribution in [0.5, 0.6) is 0 Å². The van der Waals surface area contributed by atoms with Crippen LogP contribution in [0.3, 0.4) is 0 Å². The summed E-state index contributed by atoms with van der Waals surface area (Å²) in [4.78, 5) is 0. The smallest absolute Gasteiger partial charge is 0.0782 e. The van der Waals surface area contributed by atoms with Crippen LogP contribution in [0.4, 0.5) is 0 Å². The zero-order chi connectivity index (χ0) is 56.6. The SMILES string of the molecule is [2H]c1c([2H])c([2H])c2c(c1[2H])c1c([2H])c([2H])c([2H])c(-n3c4c([2H])c([2H])c([2H])c([2H])c4c4c([2H])c([2H])c(-n5c6c([2H])c([2H])c([2H])c([2H])c6c6c([2H])c([2H])c([2H])c([2H])c65)c([2H])c43)c1n2-c1cc(-c2ccccc2)cc(-c2ccccc2)c1. The molecule has 12 rings (SSSR count). The first-order valence-corrected chi connectivity index (χ1v) is 17.8. The quantitative estimate of drug-likeness (QED) is 0.167. The van der Waals surface area contributed by atoms with Crippen LogP contribution in [0.15, 0.2) is 212 Å². The van der Waals surface area contributed by atoms with Crippen molar-refractivity contribution in [2.45, 2.75) is 0 Å². The number of para-hydroxylation sites is 5. The van der Waals surface area contributed by atoms with E-state index < -0.39 is 188 Å². The fraction of sp³-hybridized carbons (Fsp3) is 0. The maximum absolute atomic E-state index is 10.4. The molecule has 0 atom stereocenters. The van der Waals surface area contributed by atoms with Crippen LogP contribution in [0.25, 0.3) is 105 Å². The molecule has 3 aromatic heterocycles. The van der Waals surface area contributed by atoms with Gasteiger partial charge in [-0.2, -0.15) is 0 Å². The second-order valence-electron chi connectivity index (χ2n) is 13.3. The second kappa shape index (κ2) is 12.5. The van der Waals surface area contributed by atoms with Crippen LogP contribution in [0.2, 0.25) is 0 Å². The molecule has 0 aliphatic heterocycles. The van der Waals surface area contributed by atoms with Crippen LogP contribution >= 0.6 is 0 Å². The molecule has 3 heteroatoms. The Morgan fingerprint density at radius 1 is 0.316 bits per heavy atom. The molecule has 0 saturated heterocycles. The lowest BCUT2D eigenvalue weighted by molar-refractivity contribution is 1.13. The Morgan fingerprint density at radius 3 is 1.33 bits per heavy atom. The topological polar surface area (TPSA) is 14.8 Å². The maximum atomic E-state index is 10.4. The monoisotopic (exact) mass is 747 g/mol. The van der Waals surface area contributed by atoms with E-state index in [1.54, 1.807) is 12.1 Å². The molecule has 3 nitrogen and oxygen atoms in total. The Labute approximate surface area is 360 Å². The van der Waals surface area contributed by atoms with Crippen LogP contribution in [0.1, 0.15) is 30.2 Å². The van der Waals surface area contributed by atoms with Crippen molar-refractivity contribution in [1.82, 2.24) is 13.7 Å². The van der Waals surface area contributed by atoms with Gasteiger partial charge in [0, 0.05) is 43.7 Å². The molecule has 0 aliphatic carbocycles. The molecule has 12 aromatic rings. The van der Waals surface area contributed by atoms with Gasteiger partial charge in [-0.1, -0.05) is 151 Å². The van der Waals surface area contributed by atoms with E-state index in [0.29, 0.717) is 22.3 Å². The summed E-state index contributed by atoms with van der Waals surface area (Å²) in [6.07, 6.45) is 0. The number of hydrogen-bond acceptors (Lipinski definition) is 0. The zero-order valence-electron chi connectivity index (χ0n) is 51.3. The predicted octanol–water partition coefficient (Wildman–Crippen LogP) is 14.3. The molecule has 266 valence electrons. The molecule has 9 aromatic carbocycles. The average molecular weight is 748 g/mol. The third-order valence-corrected chi connectivity index (χ3v) is 10.2. The molecular formula is C54H35N3. The highest BCUT2D eigenvalue weighted by Crippen LogP contribution is 2.42. The minimum Gasteiger partial charge on any atom is -0.309 e. The highest BCUT2D eigenvalue weighted by Gasteiger charge is 2.22. The number of aromatic nitrogens is 3. The molecule has 0 fully saturated rings. The first-order chi connectivity index (χ1) is 37.5. The maximum Gasteiger partial charge on any atom is 0.0782 e. The van der Waals surface area contributed by atoms with E-state index in [2.05, 4.69) is 0 Å². The van der Waals surface area contributed by atoms with Gasteiger partial charge in [0.25, 0.3) is 0 Å². The summed E-state index contributed by atoms with van der Waals surface area (Å²) >= 11 is 0. The van der Waals surface area contributed by atoms with Crippen LogP contribution in [-0.2, 0) is 0 Å². The van der Waals surface area contributed by atoms with Gasteiger partial charge in [0.15, 0.2) is 0 Å². The standard InChI is InChI=1S/C54H35N3/c1-3-16-36(17-4-1)38-32-39(37-18-5-2-6-19-37)34-41(33-38)56-50-27-13-10-23-45(50)47-24-15-29-52(54(47)56)57-51-28-14-9-22-44(51)46-31-30-40(35-53(46)57)55-48-25-11-7-20-42(48)43-21-8-12-26-49(43)55/h1-35H/i7D,8D,9D,10D,11D,12D,13D,14D,15D,20D,21D,22D,23D,24D,25D,26D,27D,28D,29D,30D,31D,35D. The van der Waals surface area contributed by atoms with Crippen molar-refractivity contribution in [2.24, 2.45) is 0 Å². The van der Waals surface area contributed by atoms with E-state index >= 15 is 0 Å². The predicted molar refractivity (Wildman–Crippen MR) is 240 cm³/mol. The fourth-order valence-electron chi connectivity index (χ4n) is 7.79. The fourth-order valence-corrected chi connectivity index (χ4v) is 7.79. The van der Waals surface area contributed by atoms with Crippen LogP contribution in [0, 0.1) is 0 Å². The number of rotatable bonds is 5. The minimum atomic E-state index is -0.898. The summed E-state index contributed by atoms with van der Waals surface area (Å²) < 4.78 is 207. The van der Waals surface area contributed by atoms with Crippen LogP contribution in [-0.4, -0.2) is 13.7 Å². The van der Waals surface area contributed by atoms with Gasteiger partial charge >= 0.3 is 0 Å². The Hall–Kier alpha value is -7.62. The largest absolute Gasteiger partial charge is 0.309 e. The summed E-state index contributed by atoms with van der Waals surface area (Å²) in [7, 11) is 0. The van der Waals surface area contributed by atoms with Crippen molar-refractivity contribution < 1.29 is 30.2 Å². The highest BCUT2D eigenvalue weighted by molar-refractivity contribution is 6.16. The Balaban J connectivity index is 1.39. The van der Waals surface area contributed by atoms with Crippen LogP contribution < -0.4 is 0 Å². The Morgan fingerprint density at radius 2 is 0.772 bits per heavy atom. The van der Waals surface area contributed by atoms with E-state index in [1.165, 1.54) is 4.57 Å². The zero-order valence-corrected chi connectivity index (χ0v) is 29.3. The molecule has 0 saturated carbocycles. The van der Waals surface area contributed by atoms with Crippen molar-refractivity contribution in [3.63, 3.8) is 0 Å². The molecule has 0 unspecified atom stereocenters. The lowest BCUT2D eigenvalue weighted by atomic mass is 9.98. The van der Waals surface area contributed by atoms with E-state index in [4.69, 9.17) is 13.7 Å².